The van der Waals surface area contributed by atoms with Gasteiger partial charge in [0.25, 0.3) is 0 Å². The average molecular weight is 287 g/mol. The zero-order valence-electron chi connectivity index (χ0n) is 11.0. The van der Waals surface area contributed by atoms with Gasteiger partial charge in [-0.2, -0.15) is 0 Å². The summed E-state index contributed by atoms with van der Waals surface area (Å²) >= 11 is 12.1. The van der Waals surface area contributed by atoms with Crippen molar-refractivity contribution < 1.29 is 0 Å². The van der Waals surface area contributed by atoms with E-state index in [0.717, 1.165) is 25.3 Å². The smallest absolute Gasteiger partial charge is 0.129 e. The van der Waals surface area contributed by atoms with Crippen molar-refractivity contribution in [3.63, 3.8) is 0 Å². The first-order valence-electron chi connectivity index (χ1n) is 6.50. The molecular weight excluding hydrogens is 267 g/mol. The third kappa shape index (κ3) is 3.84. The van der Waals surface area contributed by atoms with Crippen molar-refractivity contribution in [3.8, 4) is 0 Å². The van der Waals surface area contributed by atoms with Gasteiger partial charge in [-0.1, -0.05) is 37.0 Å². The molecule has 0 unspecified atom stereocenters. The first kappa shape index (κ1) is 14.1. The van der Waals surface area contributed by atoms with Gasteiger partial charge in [-0.05, 0) is 49.9 Å². The molecule has 2 rings (SSSR count). The van der Waals surface area contributed by atoms with Crippen molar-refractivity contribution in [2.24, 2.45) is 5.41 Å². The lowest BCUT2D eigenvalue weighted by atomic mass is 9.85. The van der Waals surface area contributed by atoms with Crippen LogP contribution in [0.25, 0.3) is 0 Å². The first-order chi connectivity index (χ1) is 8.46. The van der Waals surface area contributed by atoms with E-state index in [-0.39, 0.29) is 0 Å². The van der Waals surface area contributed by atoms with E-state index in [2.05, 4.69) is 23.7 Å². The zero-order chi connectivity index (χ0) is 13.2. The fourth-order valence-corrected chi connectivity index (χ4v) is 2.75. The quantitative estimate of drug-likeness (QED) is 0.749. The maximum absolute atomic E-state index is 6.16. The molecule has 0 atom stereocenters. The minimum Gasteiger partial charge on any atom is -0.297 e. The Morgan fingerprint density at radius 2 is 2.00 bits per heavy atom. The van der Waals surface area contributed by atoms with Crippen molar-refractivity contribution in [2.75, 3.05) is 13.1 Å². The molecule has 1 aromatic rings. The Bertz CT molecular complexity index is 418. The maximum Gasteiger partial charge on any atom is 0.129 e. The third-order valence-electron chi connectivity index (χ3n) is 3.69. The summed E-state index contributed by atoms with van der Waals surface area (Å²) in [6.07, 6.45) is 3.76. The van der Waals surface area contributed by atoms with Crippen LogP contribution in [0.5, 0.6) is 0 Å². The van der Waals surface area contributed by atoms with E-state index in [0.29, 0.717) is 15.6 Å². The summed E-state index contributed by atoms with van der Waals surface area (Å²) in [4.78, 5) is 6.76. The van der Waals surface area contributed by atoms with Gasteiger partial charge >= 0.3 is 0 Å². The Hall–Kier alpha value is -0.310. The number of rotatable bonds is 2. The van der Waals surface area contributed by atoms with Gasteiger partial charge in [-0.25, -0.2) is 4.98 Å². The summed E-state index contributed by atoms with van der Waals surface area (Å²) in [7, 11) is 0. The Labute approximate surface area is 119 Å². The van der Waals surface area contributed by atoms with E-state index < -0.39 is 0 Å². The number of halogens is 2. The van der Waals surface area contributed by atoms with Crippen molar-refractivity contribution in [1.82, 2.24) is 9.88 Å². The van der Waals surface area contributed by atoms with Crippen LogP contribution in [0.15, 0.2) is 12.1 Å². The lowest BCUT2D eigenvalue weighted by Crippen LogP contribution is -2.25. The molecular formula is C14H20Cl2N2. The molecule has 0 spiro atoms. The third-order valence-corrected chi connectivity index (χ3v) is 4.25. The summed E-state index contributed by atoms with van der Waals surface area (Å²) in [6, 6.07) is 3.56. The normalized spacial score (nSPS) is 20.7. The van der Waals surface area contributed by atoms with Crippen LogP contribution >= 0.6 is 23.2 Å². The van der Waals surface area contributed by atoms with Crippen LogP contribution in [0.2, 0.25) is 10.2 Å². The van der Waals surface area contributed by atoms with Gasteiger partial charge in [0.05, 0.1) is 10.7 Å². The molecule has 18 heavy (non-hydrogen) atoms. The number of hydrogen-bond donors (Lipinski definition) is 0. The zero-order valence-corrected chi connectivity index (χ0v) is 12.6. The Morgan fingerprint density at radius 1 is 1.22 bits per heavy atom. The molecule has 1 aliphatic heterocycles. The number of nitrogens with zero attached hydrogens (tertiary/aromatic N) is 2. The van der Waals surface area contributed by atoms with E-state index >= 15 is 0 Å². The highest BCUT2D eigenvalue weighted by Crippen LogP contribution is 2.30. The Kier molecular flexibility index (Phi) is 4.52. The molecule has 1 fully saturated rings. The van der Waals surface area contributed by atoms with Crippen LogP contribution < -0.4 is 0 Å². The van der Waals surface area contributed by atoms with Crippen molar-refractivity contribution in [1.29, 1.82) is 0 Å². The van der Waals surface area contributed by atoms with Crippen LogP contribution in [-0.2, 0) is 6.54 Å². The highest BCUT2D eigenvalue weighted by molar-refractivity contribution is 6.32. The Morgan fingerprint density at radius 3 is 2.78 bits per heavy atom. The second-order valence-corrected chi connectivity index (χ2v) is 6.65. The van der Waals surface area contributed by atoms with E-state index in [1.54, 1.807) is 6.07 Å². The van der Waals surface area contributed by atoms with Crippen LogP contribution in [0.3, 0.4) is 0 Å². The van der Waals surface area contributed by atoms with E-state index in [4.69, 9.17) is 23.2 Å². The number of aromatic nitrogens is 1. The first-order valence-corrected chi connectivity index (χ1v) is 7.25. The molecule has 0 N–H and O–H groups in total. The Balaban J connectivity index is 2.03. The molecule has 100 valence electrons. The molecule has 4 heteroatoms. The maximum atomic E-state index is 6.16. The van der Waals surface area contributed by atoms with Crippen molar-refractivity contribution in [3.05, 3.63) is 28.0 Å². The average Bonchev–Trinajstić information content (AvgIpc) is 2.46. The summed E-state index contributed by atoms with van der Waals surface area (Å²) in [5.41, 5.74) is 1.35. The molecule has 0 amide bonds. The largest absolute Gasteiger partial charge is 0.297 e. The van der Waals surface area contributed by atoms with Crippen LogP contribution in [-0.4, -0.2) is 23.0 Å². The van der Waals surface area contributed by atoms with Gasteiger partial charge in [-0.3, -0.25) is 4.90 Å². The molecule has 1 saturated heterocycles. The fraction of sp³-hybridized carbons (Fsp3) is 0.643. The number of pyridine rings is 1. The SMILES string of the molecule is CC1(C)CCCN(Cc2nc(Cl)ccc2Cl)CC1. The molecule has 1 aromatic heterocycles. The summed E-state index contributed by atoms with van der Waals surface area (Å²) in [5.74, 6) is 0. The molecule has 0 aromatic carbocycles. The highest BCUT2D eigenvalue weighted by atomic mass is 35.5. The molecule has 0 radical (unpaired) electrons. The predicted octanol–water partition coefficient (Wildman–Crippen LogP) is 4.40. The molecule has 2 heterocycles. The van der Waals surface area contributed by atoms with Gasteiger partial charge in [0.15, 0.2) is 0 Å². The van der Waals surface area contributed by atoms with Gasteiger partial charge in [0, 0.05) is 6.54 Å². The molecule has 2 nitrogen and oxygen atoms in total. The summed E-state index contributed by atoms with van der Waals surface area (Å²) in [6.45, 7) is 7.73. The second kappa shape index (κ2) is 5.77. The van der Waals surface area contributed by atoms with E-state index in [1.165, 1.54) is 19.3 Å². The minimum atomic E-state index is 0.459. The lowest BCUT2D eigenvalue weighted by Gasteiger charge is -2.23. The lowest BCUT2D eigenvalue weighted by molar-refractivity contribution is 0.253. The molecule has 0 bridgehead atoms. The highest BCUT2D eigenvalue weighted by Gasteiger charge is 2.23. The van der Waals surface area contributed by atoms with Gasteiger partial charge in [-0.15, -0.1) is 0 Å². The van der Waals surface area contributed by atoms with Gasteiger partial charge in [0.2, 0.25) is 0 Å². The van der Waals surface area contributed by atoms with E-state index in [1.807, 2.05) is 6.07 Å². The van der Waals surface area contributed by atoms with E-state index in [9.17, 15) is 0 Å². The van der Waals surface area contributed by atoms with Gasteiger partial charge < -0.3 is 0 Å². The molecule has 0 aliphatic carbocycles. The standard InChI is InChI=1S/C14H20Cl2N2/c1-14(2)6-3-8-18(9-7-14)10-12-11(15)4-5-13(16)17-12/h4-5H,3,6-10H2,1-2H3. The minimum absolute atomic E-state index is 0.459. The van der Waals surface area contributed by atoms with Gasteiger partial charge in [0.1, 0.15) is 5.15 Å². The van der Waals surface area contributed by atoms with Crippen molar-refractivity contribution >= 4 is 23.2 Å². The number of likely N-dealkylation sites (tertiary alicyclic amines) is 1. The van der Waals surface area contributed by atoms with Crippen LogP contribution in [0, 0.1) is 5.41 Å². The monoisotopic (exact) mass is 286 g/mol. The molecule has 0 saturated carbocycles. The summed E-state index contributed by atoms with van der Waals surface area (Å²) < 4.78 is 0. The topological polar surface area (TPSA) is 16.1 Å². The number of hydrogen-bond acceptors (Lipinski definition) is 2. The van der Waals surface area contributed by atoms with Crippen molar-refractivity contribution in [2.45, 2.75) is 39.7 Å². The fourth-order valence-electron chi connectivity index (χ4n) is 2.42. The molecule has 1 aliphatic rings. The second-order valence-electron chi connectivity index (χ2n) is 5.86. The predicted molar refractivity (Wildman–Crippen MR) is 77.2 cm³/mol. The van der Waals surface area contributed by atoms with Crippen LogP contribution in [0.1, 0.15) is 38.8 Å². The van der Waals surface area contributed by atoms with Crippen LogP contribution in [0.4, 0.5) is 0 Å². The summed E-state index contributed by atoms with van der Waals surface area (Å²) in [5, 5.41) is 1.23.